The van der Waals surface area contributed by atoms with Gasteiger partial charge in [0, 0.05) is 24.4 Å². The van der Waals surface area contributed by atoms with Gasteiger partial charge >= 0.3 is 0 Å². The summed E-state index contributed by atoms with van der Waals surface area (Å²) in [5.41, 5.74) is 1.48. The molecule has 18 heavy (non-hydrogen) atoms. The van der Waals surface area contributed by atoms with E-state index in [2.05, 4.69) is 10.9 Å². The molecule has 0 fully saturated rings. The second kappa shape index (κ2) is 5.03. The van der Waals surface area contributed by atoms with Gasteiger partial charge in [0.1, 0.15) is 5.60 Å². The summed E-state index contributed by atoms with van der Waals surface area (Å²) >= 11 is 0. The molecule has 2 heteroatoms. The molecule has 0 aliphatic carbocycles. The van der Waals surface area contributed by atoms with E-state index in [1.807, 2.05) is 37.3 Å². The molecule has 1 heterocycles. The van der Waals surface area contributed by atoms with Gasteiger partial charge < -0.3 is 5.11 Å². The lowest BCUT2D eigenvalue weighted by Crippen LogP contribution is -2.26. The number of benzene rings is 1. The van der Waals surface area contributed by atoms with E-state index in [9.17, 15) is 5.11 Å². The number of hydrogen-bond donors (Lipinski definition) is 1. The number of aryl methyl sites for hydroxylation is 1. The van der Waals surface area contributed by atoms with Gasteiger partial charge in [0.25, 0.3) is 0 Å². The van der Waals surface area contributed by atoms with Gasteiger partial charge in [-0.05, 0) is 18.6 Å². The average Bonchev–Trinajstić information content (AvgIpc) is 2.40. The molecule has 0 amide bonds. The lowest BCUT2D eigenvalue weighted by atomic mass is 9.84. The molecule has 1 unspecified atom stereocenters. The van der Waals surface area contributed by atoms with E-state index in [0.717, 1.165) is 11.1 Å². The molecule has 1 atom stereocenters. The summed E-state index contributed by atoms with van der Waals surface area (Å²) in [6, 6.07) is 11.4. The predicted octanol–water partition coefficient (Wildman–Crippen LogP) is 2.65. The second-order valence-corrected chi connectivity index (χ2v) is 4.35. The Morgan fingerprint density at radius 1 is 1.22 bits per heavy atom. The van der Waals surface area contributed by atoms with Crippen LogP contribution >= 0.6 is 0 Å². The molecule has 0 saturated carbocycles. The van der Waals surface area contributed by atoms with Crippen molar-refractivity contribution in [2.45, 2.75) is 18.9 Å². The topological polar surface area (TPSA) is 33.1 Å². The molecule has 0 aliphatic rings. The number of terminal acetylenes is 1. The van der Waals surface area contributed by atoms with E-state index in [0.29, 0.717) is 5.56 Å². The fourth-order valence-corrected chi connectivity index (χ4v) is 1.96. The van der Waals surface area contributed by atoms with Crippen LogP contribution in [-0.2, 0) is 5.60 Å². The highest BCUT2D eigenvalue weighted by atomic mass is 16.3. The van der Waals surface area contributed by atoms with E-state index >= 15 is 0 Å². The largest absolute Gasteiger partial charge is 0.379 e. The van der Waals surface area contributed by atoms with Gasteiger partial charge in [-0.2, -0.15) is 0 Å². The summed E-state index contributed by atoms with van der Waals surface area (Å²) in [4.78, 5) is 4.05. The van der Waals surface area contributed by atoms with Gasteiger partial charge in [0.05, 0.1) is 0 Å². The van der Waals surface area contributed by atoms with Crippen molar-refractivity contribution >= 4 is 0 Å². The van der Waals surface area contributed by atoms with Crippen molar-refractivity contribution in [3.63, 3.8) is 0 Å². The standard InChI is InChI=1S/C16H15NO/c1-3-10-16(18,15-5-4-11-17-12-15)14-8-6-13(2)7-9-14/h1,4-9,11-12,18H,10H2,2H3. The summed E-state index contributed by atoms with van der Waals surface area (Å²) < 4.78 is 0. The number of rotatable bonds is 3. The molecule has 1 N–H and O–H groups in total. The van der Waals surface area contributed by atoms with Crippen LogP contribution in [0.25, 0.3) is 0 Å². The molecule has 2 aromatic rings. The zero-order valence-corrected chi connectivity index (χ0v) is 10.3. The maximum atomic E-state index is 10.9. The Hall–Kier alpha value is -2.11. The molecule has 1 aromatic carbocycles. The molecule has 0 radical (unpaired) electrons. The molecule has 1 aromatic heterocycles. The van der Waals surface area contributed by atoms with E-state index in [1.54, 1.807) is 18.5 Å². The van der Waals surface area contributed by atoms with E-state index in [-0.39, 0.29) is 6.42 Å². The Morgan fingerprint density at radius 3 is 2.50 bits per heavy atom. The number of aliphatic hydroxyl groups is 1. The van der Waals surface area contributed by atoms with Crippen molar-refractivity contribution < 1.29 is 5.11 Å². The van der Waals surface area contributed by atoms with Gasteiger partial charge in [-0.15, -0.1) is 12.3 Å². The normalized spacial score (nSPS) is 13.6. The smallest absolute Gasteiger partial charge is 0.127 e. The van der Waals surface area contributed by atoms with Crippen molar-refractivity contribution in [3.05, 3.63) is 65.5 Å². The highest BCUT2D eigenvalue weighted by Crippen LogP contribution is 2.32. The number of nitrogens with zero attached hydrogens (tertiary/aromatic N) is 1. The van der Waals surface area contributed by atoms with Crippen molar-refractivity contribution in [3.8, 4) is 12.3 Å². The first kappa shape index (κ1) is 12.3. The third kappa shape index (κ3) is 2.27. The SMILES string of the molecule is C#CCC(O)(c1ccc(C)cc1)c1cccnc1. The molecular weight excluding hydrogens is 222 g/mol. The van der Waals surface area contributed by atoms with Crippen LogP contribution in [-0.4, -0.2) is 10.1 Å². The van der Waals surface area contributed by atoms with Crippen LogP contribution in [0, 0.1) is 19.3 Å². The van der Waals surface area contributed by atoms with E-state index in [4.69, 9.17) is 6.42 Å². The van der Waals surface area contributed by atoms with Gasteiger partial charge in [-0.3, -0.25) is 4.98 Å². The van der Waals surface area contributed by atoms with E-state index < -0.39 is 5.60 Å². The molecule has 0 saturated heterocycles. The molecule has 2 rings (SSSR count). The Kier molecular flexibility index (Phi) is 3.45. The van der Waals surface area contributed by atoms with Crippen LogP contribution in [0.15, 0.2) is 48.8 Å². The van der Waals surface area contributed by atoms with Crippen molar-refractivity contribution in [1.29, 1.82) is 0 Å². The minimum absolute atomic E-state index is 0.224. The third-order valence-corrected chi connectivity index (χ3v) is 3.03. The Morgan fingerprint density at radius 2 is 1.94 bits per heavy atom. The maximum absolute atomic E-state index is 10.9. The van der Waals surface area contributed by atoms with E-state index in [1.165, 1.54) is 0 Å². The molecule has 0 bridgehead atoms. The number of aromatic nitrogens is 1. The van der Waals surface area contributed by atoms with Crippen LogP contribution in [0.4, 0.5) is 0 Å². The van der Waals surface area contributed by atoms with Gasteiger partial charge in [0.2, 0.25) is 0 Å². The van der Waals surface area contributed by atoms with Crippen molar-refractivity contribution in [2.24, 2.45) is 0 Å². The zero-order valence-electron chi connectivity index (χ0n) is 10.3. The molecule has 90 valence electrons. The molecule has 2 nitrogen and oxygen atoms in total. The lowest BCUT2D eigenvalue weighted by Gasteiger charge is -2.27. The van der Waals surface area contributed by atoms with Crippen LogP contribution < -0.4 is 0 Å². The van der Waals surface area contributed by atoms with Gasteiger partial charge in [-0.1, -0.05) is 35.9 Å². The predicted molar refractivity (Wildman–Crippen MR) is 71.9 cm³/mol. The Balaban J connectivity index is 2.51. The second-order valence-electron chi connectivity index (χ2n) is 4.35. The highest BCUT2D eigenvalue weighted by molar-refractivity contribution is 5.37. The van der Waals surface area contributed by atoms with Crippen molar-refractivity contribution in [1.82, 2.24) is 4.98 Å². The quantitative estimate of drug-likeness (QED) is 0.832. The number of hydrogen-bond acceptors (Lipinski definition) is 2. The Labute approximate surface area is 107 Å². The summed E-state index contributed by atoms with van der Waals surface area (Å²) in [6.45, 7) is 2.01. The molecular formula is C16H15NO. The summed E-state index contributed by atoms with van der Waals surface area (Å²) in [5, 5.41) is 10.9. The highest BCUT2D eigenvalue weighted by Gasteiger charge is 2.30. The fourth-order valence-electron chi connectivity index (χ4n) is 1.96. The maximum Gasteiger partial charge on any atom is 0.127 e. The van der Waals surface area contributed by atoms with Crippen molar-refractivity contribution in [2.75, 3.05) is 0 Å². The zero-order chi connectivity index (χ0) is 13.0. The molecule has 0 spiro atoms. The summed E-state index contributed by atoms with van der Waals surface area (Å²) in [5.74, 6) is 2.54. The fraction of sp³-hybridized carbons (Fsp3) is 0.188. The first-order chi connectivity index (χ1) is 8.66. The minimum atomic E-state index is -1.17. The number of pyridine rings is 1. The average molecular weight is 237 g/mol. The lowest BCUT2D eigenvalue weighted by molar-refractivity contribution is 0.0862. The van der Waals surface area contributed by atoms with Crippen LogP contribution in [0.1, 0.15) is 23.1 Å². The summed E-state index contributed by atoms with van der Waals surface area (Å²) in [6.07, 6.45) is 8.94. The van der Waals surface area contributed by atoms with Gasteiger partial charge in [-0.25, -0.2) is 0 Å². The molecule has 0 aliphatic heterocycles. The summed E-state index contributed by atoms with van der Waals surface area (Å²) in [7, 11) is 0. The van der Waals surface area contributed by atoms with Gasteiger partial charge in [0.15, 0.2) is 0 Å². The monoisotopic (exact) mass is 237 g/mol. The first-order valence-electron chi connectivity index (χ1n) is 5.80. The van der Waals surface area contributed by atoms with Crippen LogP contribution in [0.2, 0.25) is 0 Å². The van der Waals surface area contributed by atoms with Crippen LogP contribution in [0.5, 0.6) is 0 Å². The Bertz CT molecular complexity index is 554. The minimum Gasteiger partial charge on any atom is -0.379 e. The van der Waals surface area contributed by atoms with Crippen LogP contribution in [0.3, 0.4) is 0 Å². The third-order valence-electron chi connectivity index (χ3n) is 3.03. The first-order valence-corrected chi connectivity index (χ1v) is 5.80.